The molecule has 1 spiro atoms. The summed E-state index contributed by atoms with van der Waals surface area (Å²) in [6.45, 7) is 9.59. The Balaban J connectivity index is 1.83. The first-order chi connectivity index (χ1) is 6.13. The lowest BCUT2D eigenvalue weighted by Gasteiger charge is -2.29. The number of nitrogens with one attached hydrogen (secondary N) is 1. The predicted molar refractivity (Wildman–Crippen MR) is 53.1 cm³/mol. The van der Waals surface area contributed by atoms with E-state index in [0.717, 1.165) is 18.5 Å². The minimum absolute atomic E-state index is 0.530. The molecule has 1 aliphatic heterocycles. The second-order valence-electron chi connectivity index (χ2n) is 5.41. The Morgan fingerprint density at radius 1 is 1.54 bits per heavy atom. The van der Waals surface area contributed by atoms with E-state index in [2.05, 4.69) is 30.9 Å². The molecule has 0 aromatic rings. The fraction of sp³-hybridized carbons (Fsp3) is 0.818. The molecule has 0 aromatic carbocycles. The van der Waals surface area contributed by atoms with Crippen LogP contribution in [0.3, 0.4) is 0 Å². The highest BCUT2D eigenvalue weighted by Crippen LogP contribution is 2.70. The Morgan fingerprint density at radius 2 is 2.23 bits per heavy atom. The van der Waals surface area contributed by atoms with Crippen LogP contribution in [0.25, 0.3) is 0 Å². The Labute approximate surface area is 80.0 Å². The van der Waals surface area contributed by atoms with Gasteiger partial charge in [-0.05, 0) is 18.3 Å². The lowest BCUT2D eigenvalue weighted by atomic mass is 10.0. The first kappa shape index (κ1) is 8.01. The number of nitrogens with zero attached hydrogens (tertiary/aromatic N) is 1. The molecule has 3 fully saturated rings. The first-order valence-electron chi connectivity index (χ1n) is 5.28. The smallest absolute Gasteiger partial charge is 0.0408 e. The van der Waals surface area contributed by atoms with E-state index in [1.165, 1.54) is 12.8 Å². The van der Waals surface area contributed by atoms with Gasteiger partial charge in [-0.3, -0.25) is 5.43 Å². The molecule has 13 heavy (non-hydrogen) atoms. The van der Waals surface area contributed by atoms with Gasteiger partial charge in [0.05, 0.1) is 0 Å². The molecule has 2 unspecified atom stereocenters. The van der Waals surface area contributed by atoms with Crippen LogP contribution >= 0.6 is 0 Å². The maximum absolute atomic E-state index is 3.81. The van der Waals surface area contributed by atoms with E-state index in [1.54, 1.807) is 0 Å². The van der Waals surface area contributed by atoms with Gasteiger partial charge in [0, 0.05) is 24.0 Å². The van der Waals surface area contributed by atoms with Crippen LogP contribution in [0.15, 0.2) is 12.7 Å². The molecule has 2 atom stereocenters. The highest BCUT2D eigenvalue weighted by Gasteiger charge is 2.77. The third-order valence-corrected chi connectivity index (χ3v) is 4.31. The standard InChI is InChI=1S/C11H18N2/c1-4-7-13-11(5-6-11)8-9(12-13)10(8,2)3/h4,8-9,12H,1,5-7H2,2-3H3. The molecule has 2 aliphatic carbocycles. The molecular weight excluding hydrogens is 160 g/mol. The molecule has 3 rings (SSSR count). The minimum atomic E-state index is 0.530. The van der Waals surface area contributed by atoms with Crippen molar-refractivity contribution in [3.05, 3.63) is 12.7 Å². The fourth-order valence-electron chi connectivity index (χ4n) is 3.42. The van der Waals surface area contributed by atoms with Gasteiger partial charge in [0.15, 0.2) is 0 Å². The number of fused-ring (bicyclic) bond motifs is 2. The van der Waals surface area contributed by atoms with E-state index >= 15 is 0 Å². The zero-order chi connectivity index (χ0) is 9.27. The number of rotatable bonds is 2. The molecule has 2 heteroatoms. The summed E-state index contributed by atoms with van der Waals surface area (Å²) in [5.74, 6) is 0.903. The molecule has 1 saturated heterocycles. The monoisotopic (exact) mass is 178 g/mol. The van der Waals surface area contributed by atoms with Crippen molar-refractivity contribution in [2.45, 2.75) is 38.3 Å². The number of hydrazine groups is 1. The Hall–Kier alpha value is -0.340. The normalized spacial score (nSPS) is 43.2. The Kier molecular flexibility index (Phi) is 1.24. The highest BCUT2D eigenvalue weighted by molar-refractivity contribution is 5.30. The topological polar surface area (TPSA) is 15.3 Å². The maximum Gasteiger partial charge on any atom is 0.0408 e. The van der Waals surface area contributed by atoms with Gasteiger partial charge in [-0.15, -0.1) is 6.58 Å². The molecule has 1 N–H and O–H groups in total. The lowest BCUT2D eigenvalue weighted by Crippen LogP contribution is -2.45. The molecule has 0 aromatic heterocycles. The number of hydrogen-bond acceptors (Lipinski definition) is 2. The third kappa shape index (κ3) is 0.767. The summed E-state index contributed by atoms with van der Waals surface area (Å²) in [6.07, 6.45) is 4.78. The van der Waals surface area contributed by atoms with Gasteiger partial charge in [-0.25, -0.2) is 5.01 Å². The molecule has 0 radical (unpaired) electrons. The minimum Gasteiger partial charge on any atom is -0.250 e. The Bertz CT molecular complexity index is 265. The highest BCUT2D eigenvalue weighted by atomic mass is 15.6. The van der Waals surface area contributed by atoms with Gasteiger partial charge < -0.3 is 0 Å². The molecule has 1 heterocycles. The SMILES string of the molecule is C=CCN1NC2C(C2(C)C)C12CC2. The van der Waals surface area contributed by atoms with Gasteiger partial charge >= 0.3 is 0 Å². The average Bonchev–Trinajstić information content (AvgIpc) is 2.84. The van der Waals surface area contributed by atoms with Crippen molar-refractivity contribution in [1.29, 1.82) is 0 Å². The summed E-state index contributed by atoms with van der Waals surface area (Å²) in [5, 5.41) is 2.43. The van der Waals surface area contributed by atoms with E-state index in [1.807, 2.05) is 6.08 Å². The first-order valence-corrected chi connectivity index (χ1v) is 5.28. The van der Waals surface area contributed by atoms with Gasteiger partial charge in [0.2, 0.25) is 0 Å². The summed E-state index contributed by atoms with van der Waals surface area (Å²) < 4.78 is 0. The van der Waals surface area contributed by atoms with Crippen LogP contribution in [0.4, 0.5) is 0 Å². The van der Waals surface area contributed by atoms with Crippen LogP contribution in [0, 0.1) is 11.3 Å². The van der Waals surface area contributed by atoms with Gasteiger partial charge in [-0.1, -0.05) is 19.9 Å². The summed E-state index contributed by atoms with van der Waals surface area (Å²) in [4.78, 5) is 0. The quantitative estimate of drug-likeness (QED) is 0.645. The van der Waals surface area contributed by atoms with E-state index in [0.29, 0.717) is 11.0 Å². The van der Waals surface area contributed by atoms with E-state index < -0.39 is 0 Å². The van der Waals surface area contributed by atoms with Crippen LogP contribution < -0.4 is 5.43 Å². The second kappa shape index (κ2) is 2.01. The van der Waals surface area contributed by atoms with Crippen molar-refractivity contribution in [1.82, 2.24) is 10.4 Å². The van der Waals surface area contributed by atoms with E-state index in [-0.39, 0.29) is 0 Å². The average molecular weight is 178 g/mol. The van der Waals surface area contributed by atoms with Gasteiger partial charge in [0.1, 0.15) is 0 Å². The molecular formula is C11H18N2. The molecule has 2 saturated carbocycles. The van der Waals surface area contributed by atoms with Crippen molar-refractivity contribution in [2.24, 2.45) is 11.3 Å². The van der Waals surface area contributed by atoms with Crippen molar-refractivity contribution < 1.29 is 0 Å². The molecule has 2 nitrogen and oxygen atoms in total. The third-order valence-electron chi connectivity index (χ3n) is 4.31. The largest absolute Gasteiger partial charge is 0.250 e. The van der Waals surface area contributed by atoms with Crippen LogP contribution in [0.1, 0.15) is 26.7 Å². The fourth-order valence-corrected chi connectivity index (χ4v) is 3.42. The van der Waals surface area contributed by atoms with Crippen LogP contribution in [0.5, 0.6) is 0 Å². The van der Waals surface area contributed by atoms with Crippen molar-refractivity contribution in [3.63, 3.8) is 0 Å². The number of hydrogen-bond donors (Lipinski definition) is 1. The predicted octanol–water partition coefficient (Wildman–Crippen LogP) is 1.55. The summed E-state index contributed by atoms with van der Waals surface area (Å²) >= 11 is 0. The van der Waals surface area contributed by atoms with Gasteiger partial charge in [-0.2, -0.15) is 0 Å². The van der Waals surface area contributed by atoms with Gasteiger partial charge in [0.25, 0.3) is 0 Å². The van der Waals surface area contributed by atoms with Crippen molar-refractivity contribution in [2.75, 3.05) is 6.54 Å². The molecule has 0 bridgehead atoms. The molecule has 72 valence electrons. The Morgan fingerprint density at radius 3 is 2.77 bits per heavy atom. The van der Waals surface area contributed by atoms with Crippen LogP contribution in [-0.4, -0.2) is 23.1 Å². The van der Waals surface area contributed by atoms with E-state index in [9.17, 15) is 0 Å². The zero-order valence-corrected chi connectivity index (χ0v) is 8.51. The van der Waals surface area contributed by atoms with E-state index in [4.69, 9.17) is 0 Å². The zero-order valence-electron chi connectivity index (χ0n) is 8.51. The second-order valence-corrected chi connectivity index (χ2v) is 5.41. The summed E-state index contributed by atoms with van der Waals surface area (Å²) in [5.41, 5.74) is 4.71. The van der Waals surface area contributed by atoms with Crippen molar-refractivity contribution >= 4 is 0 Å². The summed E-state index contributed by atoms with van der Waals surface area (Å²) in [6, 6.07) is 0.745. The molecule has 3 aliphatic rings. The van der Waals surface area contributed by atoms with Crippen LogP contribution in [0.2, 0.25) is 0 Å². The lowest BCUT2D eigenvalue weighted by molar-refractivity contribution is 0.122. The summed E-state index contributed by atoms with van der Waals surface area (Å²) in [7, 11) is 0. The van der Waals surface area contributed by atoms with Crippen LogP contribution in [-0.2, 0) is 0 Å². The van der Waals surface area contributed by atoms with Crippen molar-refractivity contribution in [3.8, 4) is 0 Å². The molecule has 0 amide bonds. The maximum atomic E-state index is 3.81.